The highest BCUT2D eigenvalue weighted by atomic mass is 127. The van der Waals surface area contributed by atoms with Gasteiger partial charge in [-0.05, 0) is 25.8 Å². The van der Waals surface area contributed by atoms with Gasteiger partial charge in [0.25, 0.3) is 0 Å². The highest BCUT2D eigenvalue weighted by Gasteiger charge is 2.41. The van der Waals surface area contributed by atoms with Crippen molar-refractivity contribution in [2.24, 2.45) is 5.92 Å². The highest BCUT2D eigenvalue weighted by molar-refractivity contribution is 14.1. The predicted octanol–water partition coefficient (Wildman–Crippen LogP) is 3.08. The van der Waals surface area contributed by atoms with E-state index in [1.165, 1.54) is 51.5 Å². The molecular formula is C12H24BIN2. The van der Waals surface area contributed by atoms with Gasteiger partial charge in [0, 0.05) is 35.9 Å². The fourth-order valence-corrected chi connectivity index (χ4v) is 4.37. The smallest absolute Gasteiger partial charge is 0.243 e. The standard InChI is InChI=1S/C12H24BIN2/c1-15(2)13-10-16(14)9-12(13)11-7-5-3-4-6-8-11/h11-12H,3-10H2,1-2H3. The molecule has 0 aromatic carbocycles. The zero-order chi connectivity index (χ0) is 11.5. The Bertz CT molecular complexity index is 217. The van der Waals surface area contributed by atoms with E-state index >= 15 is 0 Å². The van der Waals surface area contributed by atoms with Crippen LogP contribution in [0.15, 0.2) is 0 Å². The Balaban J connectivity index is 1.99. The Morgan fingerprint density at radius 3 is 2.31 bits per heavy atom. The molecule has 1 saturated heterocycles. The fraction of sp³-hybridized carbons (Fsp3) is 1.00. The molecule has 2 rings (SSSR count). The van der Waals surface area contributed by atoms with Gasteiger partial charge >= 0.3 is 0 Å². The topological polar surface area (TPSA) is 6.48 Å². The summed E-state index contributed by atoms with van der Waals surface area (Å²) < 4.78 is 2.50. The van der Waals surface area contributed by atoms with Crippen molar-refractivity contribution >= 4 is 29.7 Å². The SMILES string of the molecule is CN(C)B1CN(I)CC1C1CCCCCC1. The van der Waals surface area contributed by atoms with Gasteiger partial charge in [-0.1, -0.05) is 38.5 Å². The van der Waals surface area contributed by atoms with Crippen LogP contribution in [-0.2, 0) is 0 Å². The Morgan fingerprint density at radius 2 is 1.75 bits per heavy atom. The molecule has 0 N–H and O–H groups in total. The second-order valence-corrected chi connectivity index (χ2v) is 7.14. The predicted molar refractivity (Wildman–Crippen MR) is 80.0 cm³/mol. The van der Waals surface area contributed by atoms with Crippen LogP contribution in [0.5, 0.6) is 0 Å². The summed E-state index contributed by atoms with van der Waals surface area (Å²) >= 11 is 2.51. The Hall–Kier alpha value is 0.715. The van der Waals surface area contributed by atoms with Crippen LogP contribution in [0, 0.1) is 5.92 Å². The zero-order valence-corrected chi connectivity index (χ0v) is 12.8. The molecule has 1 aliphatic heterocycles. The number of hydrogen-bond acceptors (Lipinski definition) is 2. The normalized spacial score (nSPS) is 30.0. The average Bonchev–Trinajstić information content (AvgIpc) is 2.49. The number of halogens is 1. The van der Waals surface area contributed by atoms with E-state index in [0.29, 0.717) is 0 Å². The summed E-state index contributed by atoms with van der Waals surface area (Å²) in [4.78, 5) is 2.45. The molecule has 0 radical (unpaired) electrons. The zero-order valence-electron chi connectivity index (χ0n) is 10.7. The van der Waals surface area contributed by atoms with Gasteiger partial charge in [-0.2, -0.15) is 0 Å². The van der Waals surface area contributed by atoms with Crippen molar-refractivity contribution in [1.29, 1.82) is 0 Å². The molecule has 0 aromatic rings. The van der Waals surface area contributed by atoms with Crippen LogP contribution in [0.3, 0.4) is 0 Å². The van der Waals surface area contributed by atoms with Crippen molar-refractivity contribution in [2.45, 2.75) is 44.3 Å². The Labute approximate surface area is 115 Å². The summed E-state index contributed by atoms with van der Waals surface area (Å²) in [7, 11) is 4.51. The average molecular weight is 334 g/mol. The lowest BCUT2D eigenvalue weighted by atomic mass is 9.48. The lowest BCUT2D eigenvalue weighted by Crippen LogP contribution is -2.40. The van der Waals surface area contributed by atoms with Crippen LogP contribution in [0.4, 0.5) is 0 Å². The number of hydrogen-bond donors (Lipinski definition) is 0. The molecular weight excluding hydrogens is 310 g/mol. The van der Waals surface area contributed by atoms with Crippen LogP contribution >= 0.6 is 22.9 Å². The molecule has 1 heterocycles. The first-order valence-electron chi connectivity index (χ1n) is 6.75. The Kier molecular flexibility index (Phi) is 4.97. The van der Waals surface area contributed by atoms with Gasteiger partial charge in [0.2, 0.25) is 6.85 Å². The van der Waals surface area contributed by atoms with Gasteiger partial charge in [0.05, 0.1) is 0 Å². The van der Waals surface area contributed by atoms with E-state index in [2.05, 4.69) is 44.9 Å². The van der Waals surface area contributed by atoms with Crippen molar-refractivity contribution in [3.05, 3.63) is 0 Å². The van der Waals surface area contributed by atoms with Crippen molar-refractivity contribution in [3.63, 3.8) is 0 Å². The first-order chi connectivity index (χ1) is 7.68. The van der Waals surface area contributed by atoms with E-state index in [-0.39, 0.29) is 0 Å². The van der Waals surface area contributed by atoms with Crippen LogP contribution in [0.2, 0.25) is 5.82 Å². The van der Waals surface area contributed by atoms with Gasteiger partial charge in [0.1, 0.15) is 0 Å². The third-order valence-corrected chi connectivity index (χ3v) is 5.24. The lowest BCUT2D eigenvalue weighted by molar-refractivity contribution is 0.403. The second kappa shape index (κ2) is 6.05. The van der Waals surface area contributed by atoms with Crippen LogP contribution < -0.4 is 0 Å². The highest BCUT2D eigenvalue weighted by Crippen LogP contribution is 2.39. The molecule has 4 heteroatoms. The maximum Gasteiger partial charge on any atom is 0.243 e. The minimum atomic E-state index is 0.792. The van der Waals surface area contributed by atoms with Crippen molar-refractivity contribution in [2.75, 3.05) is 27.1 Å². The van der Waals surface area contributed by atoms with E-state index < -0.39 is 0 Å². The molecule has 2 fully saturated rings. The molecule has 16 heavy (non-hydrogen) atoms. The van der Waals surface area contributed by atoms with E-state index in [1.54, 1.807) is 0 Å². The molecule has 1 unspecified atom stereocenters. The minimum Gasteiger partial charge on any atom is -0.346 e. The molecule has 1 atom stereocenters. The first-order valence-corrected chi connectivity index (χ1v) is 7.72. The quantitative estimate of drug-likeness (QED) is 0.331. The van der Waals surface area contributed by atoms with Crippen molar-refractivity contribution in [1.82, 2.24) is 7.92 Å². The maximum absolute atomic E-state index is 2.51. The van der Waals surface area contributed by atoms with Gasteiger partial charge in [0.15, 0.2) is 0 Å². The monoisotopic (exact) mass is 334 g/mol. The van der Waals surface area contributed by atoms with Crippen LogP contribution in [0.1, 0.15) is 38.5 Å². The summed E-state index contributed by atoms with van der Waals surface area (Å²) in [6.45, 7) is 2.11. The summed E-state index contributed by atoms with van der Waals surface area (Å²) in [5.41, 5.74) is 0. The maximum atomic E-state index is 2.51. The van der Waals surface area contributed by atoms with Crippen molar-refractivity contribution < 1.29 is 0 Å². The second-order valence-electron chi connectivity index (χ2n) is 5.77. The number of rotatable bonds is 2. The molecule has 2 nitrogen and oxygen atoms in total. The summed E-state index contributed by atoms with van der Waals surface area (Å²) in [6, 6.07) is 0. The summed E-state index contributed by atoms with van der Waals surface area (Å²) in [5.74, 6) is 1.92. The van der Waals surface area contributed by atoms with E-state index in [4.69, 9.17) is 0 Å². The molecule has 0 aromatic heterocycles. The molecule has 1 aliphatic carbocycles. The van der Waals surface area contributed by atoms with E-state index in [9.17, 15) is 0 Å². The summed E-state index contributed by atoms with van der Waals surface area (Å²) in [6.07, 6.45) is 10.1. The van der Waals surface area contributed by atoms with E-state index in [1.807, 2.05) is 0 Å². The molecule has 92 valence electrons. The largest absolute Gasteiger partial charge is 0.346 e. The van der Waals surface area contributed by atoms with Crippen LogP contribution in [-0.4, -0.2) is 41.9 Å². The fourth-order valence-electron chi connectivity index (χ4n) is 3.51. The van der Waals surface area contributed by atoms with Gasteiger partial charge in [-0.25, -0.2) is 0 Å². The Morgan fingerprint density at radius 1 is 1.12 bits per heavy atom. The van der Waals surface area contributed by atoms with Crippen molar-refractivity contribution in [3.8, 4) is 0 Å². The first kappa shape index (κ1) is 13.2. The van der Waals surface area contributed by atoms with Gasteiger partial charge < -0.3 is 4.81 Å². The lowest BCUT2D eigenvalue weighted by Gasteiger charge is -2.28. The molecule has 0 spiro atoms. The van der Waals surface area contributed by atoms with Gasteiger partial charge in [-0.15, -0.1) is 0 Å². The minimum absolute atomic E-state index is 0.792. The molecule has 0 bridgehead atoms. The van der Waals surface area contributed by atoms with E-state index in [0.717, 1.165) is 18.6 Å². The molecule has 1 saturated carbocycles. The summed E-state index contributed by atoms with van der Waals surface area (Å²) in [5, 5.41) is 0. The van der Waals surface area contributed by atoms with Gasteiger partial charge in [-0.3, -0.25) is 3.11 Å². The third kappa shape index (κ3) is 3.13. The molecule has 2 aliphatic rings. The van der Waals surface area contributed by atoms with Crippen LogP contribution in [0.25, 0.3) is 0 Å². The third-order valence-electron chi connectivity index (χ3n) is 4.46. The molecule has 0 amide bonds. The number of nitrogens with zero attached hydrogens (tertiary/aromatic N) is 2.